The van der Waals surface area contributed by atoms with Crippen LogP contribution in [-0.2, 0) is 4.74 Å². The molecule has 0 aromatic heterocycles. The molecule has 0 unspecified atom stereocenters. The Labute approximate surface area is 66.2 Å². The summed E-state index contributed by atoms with van der Waals surface area (Å²) >= 11 is 0. The summed E-state index contributed by atoms with van der Waals surface area (Å²) < 4.78 is 5.17. The van der Waals surface area contributed by atoms with Crippen LogP contribution in [0.3, 0.4) is 0 Å². The topological polar surface area (TPSA) is 62.9 Å². The van der Waals surface area contributed by atoms with E-state index >= 15 is 0 Å². The second kappa shape index (κ2) is 4.15. The van der Waals surface area contributed by atoms with Crippen LogP contribution in [-0.4, -0.2) is 44.2 Å². The fraction of sp³-hybridized carbons (Fsp3) is 0.833. The van der Waals surface area contributed by atoms with E-state index in [0.717, 1.165) is 32.3 Å². The highest BCUT2D eigenvalue weighted by molar-refractivity contribution is 5.79. The lowest BCUT2D eigenvalue weighted by atomic mass is 10.4. The number of nitrogens with two attached hydrogens (primary N) is 1. The predicted molar refractivity (Wildman–Crippen MR) is 43.1 cm³/mol. The average Bonchev–Trinajstić information content (AvgIpc) is 2.09. The standard InChI is InChI=1S/C6H14N4O/c1-8-6(9-7)10-2-4-11-5-3-10/h2-5,7H2,1H3,(H,8,9). The molecule has 1 aliphatic heterocycles. The fourth-order valence-electron chi connectivity index (χ4n) is 1.07. The number of nitrogens with one attached hydrogen (secondary N) is 1. The number of rotatable bonds is 0. The number of hydrogen-bond donors (Lipinski definition) is 2. The maximum absolute atomic E-state index is 5.25. The smallest absolute Gasteiger partial charge is 0.208 e. The zero-order valence-electron chi connectivity index (χ0n) is 6.71. The van der Waals surface area contributed by atoms with Gasteiger partial charge in [-0.3, -0.25) is 10.4 Å². The number of hydrazine groups is 1. The summed E-state index contributed by atoms with van der Waals surface area (Å²) in [6.07, 6.45) is 0. The molecule has 0 spiro atoms. The molecule has 0 aliphatic carbocycles. The molecule has 0 saturated carbocycles. The monoisotopic (exact) mass is 158 g/mol. The summed E-state index contributed by atoms with van der Waals surface area (Å²) in [5.41, 5.74) is 2.54. The van der Waals surface area contributed by atoms with Crippen LogP contribution < -0.4 is 11.3 Å². The molecule has 0 radical (unpaired) electrons. The quantitative estimate of drug-likeness (QED) is 0.200. The van der Waals surface area contributed by atoms with Gasteiger partial charge in [-0.2, -0.15) is 0 Å². The Morgan fingerprint density at radius 3 is 2.64 bits per heavy atom. The minimum absolute atomic E-state index is 0.730. The van der Waals surface area contributed by atoms with E-state index in [9.17, 15) is 0 Å². The predicted octanol–water partition coefficient (Wildman–Crippen LogP) is -1.23. The van der Waals surface area contributed by atoms with Gasteiger partial charge >= 0.3 is 0 Å². The SMILES string of the molecule is CN=C(NN)N1CCOCC1. The zero-order valence-corrected chi connectivity index (χ0v) is 6.71. The third-order valence-corrected chi connectivity index (χ3v) is 1.65. The van der Waals surface area contributed by atoms with Crippen LogP contribution in [0.15, 0.2) is 4.99 Å². The molecular formula is C6H14N4O. The highest BCUT2D eigenvalue weighted by atomic mass is 16.5. The molecule has 1 heterocycles. The van der Waals surface area contributed by atoms with Crippen molar-refractivity contribution in [1.29, 1.82) is 0 Å². The van der Waals surface area contributed by atoms with Crippen LogP contribution >= 0.6 is 0 Å². The van der Waals surface area contributed by atoms with Gasteiger partial charge in [0.15, 0.2) is 0 Å². The first-order valence-electron chi connectivity index (χ1n) is 3.64. The van der Waals surface area contributed by atoms with E-state index in [4.69, 9.17) is 10.6 Å². The number of hydrogen-bond acceptors (Lipinski definition) is 3. The van der Waals surface area contributed by atoms with Gasteiger partial charge in [0, 0.05) is 20.1 Å². The molecule has 1 saturated heterocycles. The second-order valence-electron chi connectivity index (χ2n) is 2.29. The molecule has 1 rings (SSSR count). The summed E-state index contributed by atoms with van der Waals surface area (Å²) in [5.74, 6) is 5.98. The average molecular weight is 158 g/mol. The second-order valence-corrected chi connectivity index (χ2v) is 2.29. The van der Waals surface area contributed by atoms with Crippen LogP contribution in [0, 0.1) is 0 Å². The molecule has 64 valence electrons. The van der Waals surface area contributed by atoms with Crippen LogP contribution in [0.4, 0.5) is 0 Å². The van der Waals surface area contributed by atoms with Crippen molar-refractivity contribution < 1.29 is 4.74 Å². The molecular weight excluding hydrogens is 144 g/mol. The zero-order chi connectivity index (χ0) is 8.10. The van der Waals surface area contributed by atoms with Crippen molar-refractivity contribution in [2.75, 3.05) is 33.4 Å². The summed E-state index contributed by atoms with van der Waals surface area (Å²) in [6, 6.07) is 0. The van der Waals surface area contributed by atoms with Gasteiger partial charge in [-0.25, -0.2) is 5.84 Å². The first-order chi connectivity index (χ1) is 5.38. The minimum Gasteiger partial charge on any atom is -0.378 e. The van der Waals surface area contributed by atoms with Crippen molar-refractivity contribution >= 4 is 5.96 Å². The van der Waals surface area contributed by atoms with E-state index in [2.05, 4.69) is 15.3 Å². The Morgan fingerprint density at radius 2 is 2.18 bits per heavy atom. The van der Waals surface area contributed by atoms with Crippen LogP contribution in [0.2, 0.25) is 0 Å². The maximum Gasteiger partial charge on any atom is 0.208 e. The van der Waals surface area contributed by atoms with Crippen molar-refractivity contribution in [1.82, 2.24) is 10.3 Å². The maximum atomic E-state index is 5.25. The van der Waals surface area contributed by atoms with Crippen molar-refractivity contribution in [2.24, 2.45) is 10.8 Å². The molecule has 0 bridgehead atoms. The number of aliphatic imine (C=N–C) groups is 1. The molecule has 1 aliphatic rings. The Hall–Kier alpha value is -0.810. The molecule has 0 aromatic rings. The van der Waals surface area contributed by atoms with Gasteiger partial charge in [-0.05, 0) is 0 Å². The van der Waals surface area contributed by atoms with Crippen molar-refractivity contribution in [3.63, 3.8) is 0 Å². The van der Waals surface area contributed by atoms with Crippen LogP contribution in [0.5, 0.6) is 0 Å². The van der Waals surface area contributed by atoms with Crippen LogP contribution in [0.1, 0.15) is 0 Å². The number of morpholine rings is 1. The van der Waals surface area contributed by atoms with E-state index in [1.165, 1.54) is 0 Å². The van der Waals surface area contributed by atoms with Crippen LogP contribution in [0.25, 0.3) is 0 Å². The number of nitrogens with zero attached hydrogens (tertiary/aromatic N) is 2. The van der Waals surface area contributed by atoms with E-state index < -0.39 is 0 Å². The highest BCUT2D eigenvalue weighted by Gasteiger charge is 2.12. The van der Waals surface area contributed by atoms with Gasteiger partial charge in [0.2, 0.25) is 5.96 Å². The largest absolute Gasteiger partial charge is 0.378 e. The molecule has 5 heteroatoms. The Balaban J connectivity index is 2.43. The molecule has 1 fully saturated rings. The number of guanidine groups is 1. The summed E-state index contributed by atoms with van der Waals surface area (Å²) in [4.78, 5) is 6.04. The molecule has 0 atom stereocenters. The first-order valence-corrected chi connectivity index (χ1v) is 3.64. The molecule has 0 amide bonds. The third-order valence-electron chi connectivity index (χ3n) is 1.65. The lowest BCUT2D eigenvalue weighted by Crippen LogP contribution is -2.49. The van der Waals surface area contributed by atoms with Gasteiger partial charge < -0.3 is 9.64 Å². The Morgan fingerprint density at radius 1 is 1.55 bits per heavy atom. The van der Waals surface area contributed by atoms with Gasteiger partial charge in [-0.15, -0.1) is 0 Å². The summed E-state index contributed by atoms with van der Waals surface area (Å²) in [5, 5.41) is 0. The number of ether oxygens (including phenoxy) is 1. The van der Waals surface area contributed by atoms with Gasteiger partial charge in [0.1, 0.15) is 0 Å². The molecule has 0 aromatic carbocycles. The van der Waals surface area contributed by atoms with Gasteiger partial charge in [0.05, 0.1) is 13.2 Å². The van der Waals surface area contributed by atoms with E-state index in [0.29, 0.717) is 0 Å². The third kappa shape index (κ3) is 2.06. The highest BCUT2D eigenvalue weighted by Crippen LogP contribution is 1.95. The van der Waals surface area contributed by atoms with E-state index in [1.807, 2.05) is 0 Å². The molecule has 3 N–H and O–H groups in total. The Bertz CT molecular complexity index is 142. The van der Waals surface area contributed by atoms with Crippen molar-refractivity contribution in [3.05, 3.63) is 0 Å². The Kier molecular flexibility index (Phi) is 3.13. The summed E-state index contributed by atoms with van der Waals surface area (Å²) in [6.45, 7) is 3.22. The first kappa shape index (κ1) is 8.29. The lowest BCUT2D eigenvalue weighted by molar-refractivity contribution is 0.0665. The molecule has 11 heavy (non-hydrogen) atoms. The normalized spacial score (nSPS) is 20.2. The van der Waals surface area contributed by atoms with Gasteiger partial charge in [0.25, 0.3) is 0 Å². The van der Waals surface area contributed by atoms with Gasteiger partial charge in [-0.1, -0.05) is 0 Å². The minimum atomic E-state index is 0.730. The van der Waals surface area contributed by atoms with Crippen molar-refractivity contribution in [3.8, 4) is 0 Å². The summed E-state index contributed by atoms with van der Waals surface area (Å²) in [7, 11) is 1.71. The van der Waals surface area contributed by atoms with Crippen molar-refractivity contribution in [2.45, 2.75) is 0 Å². The van der Waals surface area contributed by atoms with E-state index in [1.54, 1.807) is 7.05 Å². The lowest BCUT2D eigenvalue weighted by Gasteiger charge is -2.28. The fourth-order valence-corrected chi connectivity index (χ4v) is 1.07. The molecule has 5 nitrogen and oxygen atoms in total. The van der Waals surface area contributed by atoms with E-state index in [-0.39, 0.29) is 0 Å².